The van der Waals surface area contributed by atoms with Crippen molar-refractivity contribution in [2.45, 2.75) is 58.2 Å². The van der Waals surface area contributed by atoms with E-state index in [-0.39, 0.29) is 23.2 Å². The van der Waals surface area contributed by atoms with Crippen LogP contribution in [0.2, 0.25) is 5.02 Å². The van der Waals surface area contributed by atoms with Gasteiger partial charge in [-0.05, 0) is 52.7 Å². The molecular formula is C24H28ClN7OS. The summed E-state index contributed by atoms with van der Waals surface area (Å²) >= 11 is 7.94. The highest BCUT2D eigenvalue weighted by Gasteiger charge is 2.31. The Balaban J connectivity index is 1.58. The van der Waals surface area contributed by atoms with Crippen molar-refractivity contribution < 1.29 is 0 Å². The Kier molecular flexibility index (Phi) is 6.03. The van der Waals surface area contributed by atoms with E-state index in [0.717, 1.165) is 36.3 Å². The zero-order chi connectivity index (χ0) is 24.0. The van der Waals surface area contributed by atoms with Gasteiger partial charge in [0, 0.05) is 24.7 Å². The maximum absolute atomic E-state index is 13.8. The molecule has 0 amide bonds. The molecule has 1 aliphatic rings. The van der Waals surface area contributed by atoms with E-state index in [1.807, 2.05) is 23.6 Å². The molecule has 4 aromatic rings. The molecule has 0 aliphatic carbocycles. The average Bonchev–Trinajstić information content (AvgIpc) is 3.28. The number of benzene rings is 1. The lowest BCUT2D eigenvalue weighted by Gasteiger charge is -2.41. The number of hydrogen-bond acceptors (Lipinski definition) is 8. The van der Waals surface area contributed by atoms with Crippen molar-refractivity contribution in [3.8, 4) is 0 Å². The lowest BCUT2D eigenvalue weighted by molar-refractivity contribution is 0.0881. The van der Waals surface area contributed by atoms with Crippen molar-refractivity contribution >= 4 is 50.0 Å². The van der Waals surface area contributed by atoms with Crippen LogP contribution in [0.25, 0.3) is 21.3 Å². The lowest BCUT2D eigenvalue weighted by Crippen LogP contribution is -2.47. The largest absolute Gasteiger partial charge is 0.358 e. The van der Waals surface area contributed by atoms with Gasteiger partial charge in [0.05, 0.1) is 27.5 Å². The van der Waals surface area contributed by atoms with Crippen molar-refractivity contribution in [1.29, 1.82) is 0 Å². The van der Waals surface area contributed by atoms with Crippen molar-refractivity contribution in [2.75, 3.05) is 18.4 Å². The highest BCUT2D eigenvalue weighted by atomic mass is 35.5. The average molecular weight is 498 g/mol. The predicted molar refractivity (Wildman–Crippen MR) is 138 cm³/mol. The Morgan fingerprint density at radius 3 is 2.68 bits per heavy atom. The number of fused-ring (bicyclic) bond motifs is 2. The number of likely N-dealkylation sites (tertiary alicyclic amines) is 1. The van der Waals surface area contributed by atoms with E-state index >= 15 is 0 Å². The van der Waals surface area contributed by atoms with Crippen LogP contribution in [0.5, 0.6) is 0 Å². The smallest absolute Gasteiger partial charge is 0.263 e. The fraction of sp³-hybridized carbons (Fsp3) is 0.458. The van der Waals surface area contributed by atoms with E-state index in [9.17, 15) is 4.79 Å². The number of aromatic nitrogens is 5. The number of halogens is 1. The second kappa shape index (κ2) is 8.87. The van der Waals surface area contributed by atoms with Crippen molar-refractivity contribution in [3.63, 3.8) is 0 Å². The Labute approximate surface area is 207 Å². The molecule has 1 aliphatic heterocycles. The van der Waals surface area contributed by atoms with Gasteiger partial charge in [-0.25, -0.2) is 19.9 Å². The molecule has 8 nitrogen and oxygen atoms in total. The molecular weight excluding hydrogens is 470 g/mol. The van der Waals surface area contributed by atoms with Gasteiger partial charge in [0.1, 0.15) is 22.5 Å². The summed E-state index contributed by atoms with van der Waals surface area (Å²) in [6.45, 7) is 10.5. The maximum atomic E-state index is 13.8. The first kappa shape index (κ1) is 23.1. The second-order valence-corrected chi connectivity index (χ2v) is 11.0. The van der Waals surface area contributed by atoms with Crippen LogP contribution in [0.1, 0.15) is 58.4 Å². The predicted octanol–water partition coefficient (Wildman–Crippen LogP) is 5.06. The minimum absolute atomic E-state index is 0.0446. The molecule has 1 fully saturated rings. The van der Waals surface area contributed by atoms with E-state index in [4.69, 9.17) is 16.6 Å². The molecule has 0 radical (unpaired) electrons. The topological polar surface area (TPSA) is 88.8 Å². The summed E-state index contributed by atoms with van der Waals surface area (Å²) in [5.74, 6) is 1.31. The van der Waals surface area contributed by atoms with Crippen molar-refractivity contribution in [3.05, 3.63) is 51.2 Å². The van der Waals surface area contributed by atoms with Gasteiger partial charge < -0.3 is 5.32 Å². The van der Waals surface area contributed by atoms with Crippen LogP contribution in [0, 0.1) is 0 Å². The fourth-order valence-corrected chi connectivity index (χ4v) is 5.62. The highest BCUT2D eigenvalue weighted by Crippen LogP contribution is 2.31. The molecule has 0 spiro atoms. The summed E-state index contributed by atoms with van der Waals surface area (Å²) in [7, 11) is 0. The first-order valence-corrected chi connectivity index (χ1v) is 12.8. The van der Waals surface area contributed by atoms with Gasteiger partial charge in [0.2, 0.25) is 0 Å². The number of thiazole rings is 1. The molecule has 0 saturated carbocycles. The minimum atomic E-state index is -0.281. The summed E-state index contributed by atoms with van der Waals surface area (Å²) in [5.41, 5.74) is 3.09. The van der Waals surface area contributed by atoms with Crippen LogP contribution in [-0.2, 0) is 0 Å². The summed E-state index contributed by atoms with van der Waals surface area (Å²) < 4.78 is 1.87. The van der Waals surface area contributed by atoms with Gasteiger partial charge in [0.15, 0.2) is 5.82 Å². The number of anilines is 1. The van der Waals surface area contributed by atoms with Gasteiger partial charge in [0.25, 0.3) is 5.56 Å². The number of rotatable bonds is 4. The van der Waals surface area contributed by atoms with Crippen LogP contribution < -0.4 is 10.9 Å². The van der Waals surface area contributed by atoms with Gasteiger partial charge in [-0.2, -0.15) is 0 Å². The number of hydrogen-bond donors (Lipinski definition) is 1. The Morgan fingerprint density at radius 2 is 1.94 bits per heavy atom. The first-order valence-electron chi connectivity index (χ1n) is 11.5. The Morgan fingerprint density at radius 1 is 1.18 bits per heavy atom. The molecule has 0 unspecified atom stereocenters. The molecule has 5 rings (SSSR count). The summed E-state index contributed by atoms with van der Waals surface area (Å²) in [5, 5.41) is 4.34. The third-order valence-corrected chi connectivity index (χ3v) is 7.61. The third-order valence-electron chi connectivity index (χ3n) is 6.56. The van der Waals surface area contributed by atoms with Crippen LogP contribution in [0.4, 0.5) is 5.82 Å². The summed E-state index contributed by atoms with van der Waals surface area (Å²) in [6.07, 6.45) is 3.27. The van der Waals surface area contributed by atoms with Crippen molar-refractivity contribution in [2.24, 2.45) is 0 Å². The zero-order valence-electron chi connectivity index (χ0n) is 19.7. The zero-order valence-corrected chi connectivity index (χ0v) is 21.3. The van der Waals surface area contributed by atoms with Gasteiger partial charge in [-0.15, -0.1) is 11.3 Å². The van der Waals surface area contributed by atoms with E-state index in [1.54, 1.807) is 11.6 Å². The second-order valence-electron chi connectivity index (χ2n) is 9.76. The van der Waals surface area contributed by atoms with Crippen LogP contribution in [0.3, 0.4) is 0 Å². The molecule has 10 heteroatoms. The normalized spacial score (nSPS) is 16.9. The van der Waals surface area contributed by atoms with E-state index in [1.165, 1.54) is 17.7 Å². The monoisotopic (exact) mass is 497 g/mol. The standard InChI is InChI=1S/C24H28ClN7OS/c1-14(29-20-19-22(27-12-26-20)34-13-28-19)21-30-17-7-5-6-16(25)18(17)23(33)32(21)15-8-10-31(11-9-15)24(2,3)4/h5-7,12-15H,8-11H2,1-4H3,(H,26,27,29)/t14-/m0/s1. The molecule has 1 saturated heterocycles. The first-order chi connectivity index (χ1) is 16.2. The van der Waals surface area contributed by atoms with E-state index in [2.05, 4.69) is 45.9 Å². The number of nitrogens with zero attached hydrogens (tertiary/aromatic N) is 6. The quantitative estimate of drug-likeness (QED) is 0.421. The van der Waals surface area contributed by atoms with Gasteiger partial charge in [-0.1, -0.05) is 17.7 Å². The third kappa shape index (κ3) is 4.16. The van der Waals surface area contributed by atoms with Crippen LogP contribution >= 0.6 is 22.9 Å². The summed E-state index contributed by atoms with van der Waals surface area (Å²) in [6, 6.07) is 5.18. The SMILES string of the molecule is C[C@H](Nc1ncnc2scnc12)c1nc2cccc(Cl)c2c(=O)n1C1CCN(C(C)(C)C)CC1. The number of piperidine rings is 1. The van der Waals surface area contributed by atoms with Crippen LogP contribution in [0.15, 0.2) is 34.8 Å². The lowest BCUT2D eigenvalue weighted by atomic mass is 9.97. The maximum Gasteiger partial charge on any atom is 0.263 e. The molecule has 3 aromatic heterocycles. The molecule has 0 bridgehead atoms. The molecule has 34 heavy (non-hydrogen) atoms. The molecule has 1 atom stereocenters. The summed E-state index contributed by atoms with van der Waals surface area (Å²) in [4.78, 5) is 35.2. The Bertz CT molecular complexity index is 1400. The van der Waals surface area contributed by atoms with Gasteiger partial charge >= 0.3 is 0 Å². The van der Waals surface area contributed by atoms with E-state index < -0.39 is 0 Å². The number of nitrogens with one attached hydrogen (secondary N) is 1. The van der Waals surface area contributed by atoms with Gasteiger partial charge in [-0.3, -0.25) is 14.3 Å². The minimum Gasteiger partial charge on any atom is -0.358 e. The molecule has 4 heterocycles. The molecule has 1 aromatic carbocycles. The van der Waals surface area contributed by atoms with E-state index in [0.29, 0.717) is 27.6 Å². The molecule has 1 N–H and O–H groups in total. The fourth-order valence-electron chi connectivity index (χ4n) is 4.74. The van der Waals surface area contributed by atoms with Crippen molar-refractivity contribution in [1.82, 2.24) is 29.4 Å². The highest BCUT2D eigenvalue weighted by molar-refractivity contribution is 7.16. The molecule has 178 valence electrons. The van der Waals surface area contributed by atoms with Crippen LogP contribution in [-0.4, -0.2) is 48.0 Å². The Hall–Kier alpha value is -2.62.